The first kappa shape index (κ1) is 14.2. The Labute approximate surface area is 109 Å². The second kappa shape index (κ2) is 5.22. The molecule has 1 N–H and O–H groups in total. The van der Waals surface area contributed by atoms with Gasteiger partial charge in [0, 0.05) is 6.54 Å². The molecule has 0 fully saturated rings. The molecule has 1 aromatic rings. The van der Waals surface area contributed by atoms with Crippen LogP contribution in [0, 0.1) is 37.5 Å². The van der Waals surface area contributed by atoms with Crippen LogP contribution in [0.3, 0.4) is 0 Å². The van der Waals surface area contributed by atoms with Crippen molar-refractivity contribution in [3.63, 3.8) is 0 Å². The van der Waals surface area contributed by atoms with E-state index in [0.29, 0.717) is 6.54 Å². The van der Waals surface area contributed by atoms with E-state index in [0.717, 1.165) is 11.1 Å². The predicted molar refractivity (Wildman–Crippen MR) is 71.9 cm³/mol. The molecule has 0 heterocycles. The summed E-state index contributed by atoms with van der Waals surface area (Å²) >= 11 is 0. The van der Waals surface area contributed by atoms with Gasteiger partial charge < -0.3 is 5.32 Å². The number of carbonyl (C=O) groups is 1. The molecule has 96 valence electrons. The van der Waals surface area contributed by atoms with Gasteiger partial charge in [0.05, 0.1) is 6.07 Å². The lowest BCUT2D eigenvalue weighted by molar-refractivity contribution is -0.126. The summed E-state index contributed by atoms with van der Waals surface area (Å²) in [5, 5.41) is 11.7. The van der Waals surface area contributed by atoms with E-state index >= 15 is 0 Å². The number of carbonyl (C=O) groups excluding carboxylic acids is 1. The molecule has 3 nitrogen and oxygen atoms in total. The van der Waals surface area contributed by atoms with Crippen LogP contribution < -0.4 is 5.32 Å². The Balaban J connectivity index is 2.80. The number of amides is 1. The van der Waals surface area contributed by atoms with Gasteiger partial charge in [-0.1, -0.05) is 12.1 Å². The fraction of sp³-hybridized carbons (Fsp3) is 0.467. The SMILES string of the molecule is Cc1cc(C)c(CNC(=O)C(C)(C)C#N)cc1C. The summed E-state index contributed by atoms with van der Waals surface area (Å²) in [6.45, 7) is 9.87. The van der Waals surface area contributed by atoms with Crippen LogP contribution in [0.1, 0.15) is 36.1 Å². The lowest BCUT2D eigenvalue weighted by Gasteiger charge is -2.16. The van der Waals surface area contributed by atoms with E-state index in [1.54, 1.807) is 13.8 Å². The largest absolute Gasteiger partial charge is 0.351 e. The fourth-order valence-corrected chi connectivity index (χ4v) is 1.66. The van der Waals surface area contributed by atoms with Crippen molar-refractivity contribution in [2.45, 2.75) is 41.2 Å². The van der Waals surface area contributed by atoms with Crippen molar-refractivity contribution in [3.05, 3.63) is 34.4 Å². The maximum Gasteiger partial charge on any atom is 0.240 e. The van der Waals surface area contributed by atoms with Crippen molar-refractivity contribution in [2.75, 3.05) is 0 Å². The van der Waals surface area contributed by atoms with Gasteiger partial charge in [-0.25, -0.2) is 0 Å². The molecule has 0 aromatic heterocycles. The number of nitrogens with one attached hydrogen (secondary N) is 1. The molecule has 0 atom stereocenters. The summed E-state index contributed by atoms with van der Waals surface area (Å²) in [4.78, 5) is 11.8. The van der Waals surface area contributed by atoms with Gasteiger partial charge in [-0.15, -0.1) is 0 Å². The second-order valence-corrected chi connectivity index (χ2v) is 5.28. The van der Waals surface area contributed by atoms with Crippen LogP contribution >= 0.6 is 0 Å². The van der Waals surface area contributed by atoms with E-state index in [1.807, 2.05) is 13.0 Å². The lowest BCUT2D eigenvalue weighted by atomic mass is 9.94. The maximum absolute atomic E-state index is 11.8. The maximum atomic E-state index is 11.8. The molecule has 0 saturated heterocycles. The number of hydrogen-bond donors (Lipinski definition) is 1. The van der Waals surface area contributed by atoms with Gasteiger partial charge in [0.25, 0.3) is 0 Å². The van der Waals surface area contributed by atoms with E-state index < -0.39 is 5.41 Å². The number of rotatable bonds is 3. The molecule has 0 bridgehead atoms. The van der Waals surface area contributed by atoms with Crippen molar-refractivity contribution < 1.29 is 4.79 Å². The fourth-order valence-electron chi connectivity index (χ4n) is 1.66. The normalized spacial score (nSPS) is 10.9. The van der Waals surface area contributed by atoms with E-state index in [2.05, 4.69) is 31.3 Å². The first-order valence-corrected chi connectivity index (χ1v) is 6.04. The molecule has 0 saturated carbocycles. The standard InChI is InChI=1S/C15H20N2O/c1-10-6-12(3)13(7-11(10)2)8-17-14(18)15(4,5)9-16/h6-7H,8H2,1-5H3,(H,17,18). The van der Waals surface area contributed by atoms with Gasteiger partial charge in [-0.3, -0.25) is 4.79 Å². The third kappa shape index (κ3) is 3.10. The van der Waals surface area contributed by atoms with Gasteiger partial charge in [0.2, 0.25) is 5.91 Å². The summed E-state index contributed by atoms with van der Waals surface area (Å²) < 4.78 is 0. The molecular formula is C15H20N2O. The van der Waals surface area contributed by atoms with E-state index in [9.17, 15) is 4.79 Å². The van der Waals surface area contributed by atoms with Gasteiger partial charge in [-0.05, 0) is 56.9 Å². The van der Waals surface area contributed by atoms with Crippen LogP contribution in [0.25, 0.3) is 0 Å². The first-order chi connectivity index (χ1) is 8.27. The molecule has 0 aliphatic heterocycles. The Morgan fingerprint density at radius 2 is 1.78 bits per heavy atom. The summed E-state index contributed by atoms with van der Waals surface area (Å²) in [6.07, 6.45) is 0. The molecule has 0 aliphatic carbocycles. The zero-order valence-electron chi connectivity index (χ0n) is 11.7. The molecule has 0 spiro atoms. The average molecular weight is 244 g/mol. The topological polar surface area (TPSA) is 52.9 Å². The van der Waals surface area contributed by atoms with Crippen molar-refractivity contribution in [2.24, 2.45) is 5.41 Å². The molecule has 3 heteroatoms. The van der Waals surface area contributed by atoms with Gasteiger partial charge in [-0.2, -0.15) is 5.26 Å². The van der Waals surface area contributed by atoms with Crippen LogP contribution in [0.15, 0.2) is 12.1 Å². The van der Waals surface area contributed by atoms with E-state index in [4.69, 9.17) is 5.26 Å². The highest BCUT2D eigenvalue weighted by molar-refractivity contribution is 5.84. The molecule has 1 rings (SSSR count). The Morgan fingerprint density at radius 3 is 2.33 bits per heavy atom. The van der Waals surface area contributed by atoms with E-state index in [1.165, 1.54) is 11.1 Å². The Bertz CT molecular complexity index is 510. The smallest absolute Gasteiger partial charge is 0.240 e. The number of nitriles is 1. The molecule has 1 aromatic carbocycles. The molecule has 1 amide bonds. The van der Waals surface area contributed by atoms with Crippen LogP contribution in [0.5, 0.6) is 0 Å². The third-order valence-electron chi connectivity index (χ3n) is 3.24. The third-order valence-corrected chi connectivity index (χ3v) is 3.24. The second-order valence-electron chi connectivity index (χ2n) is 5.28. The summed E-state index contributed by atoms with van der Waals surface area (Å²) in [5.41, 5.74) is 3.74. The highest BCUT2D eigenvalue weighted by atomic mass is 16.2. The molecule has 18 heavy (non-hydrogen) atoms. The van der Waals surface area contributed by atoms with Crippen LogP contribution in [0.4, 0.5) is 0 Å². The quantitative estimate of drug-likeness (QED) is 0.888. The first-order valence-electron chi connectivity index (χ1n) is 6.04. The van der Waals surface area contributed by atoms with Crippen LogP contribution in [-0.4, -0.2) is 5.91 Å². The van der Waals surface area contributed by atoms with Crippen LogP contribution in [-0.2, 0) is 11.3 Å². The Morgan fingerprint density at radius 1 is 1.22 bits per heavy atom. The monoisotopic (exact) mass is 244 g/mol. The van der Waals surface area contributed by atoms with Crippen LogP contribution in [0.2, 0.25) is 0 Å². The number of aryl methyl sites for hydroxylation is 3. The van der Waals surface area contributed by atoms with Crippen molar-refractivity contribution in [1.29, 1.82) is 5.26 Å². The Hall–Kier alpha value is -1.82. The average Bonchev–Trinajstić information content (AvgIpc) is 2.31. The molecule has 0 aliphatic rings. The van der Waals surface area contributed by atoms with Crippen molar-refractivity contribution in [1.82, 2.24) is 5.32 Å². The van der Waals surface area contributed by atoms with Gasteiger partial charge in [0.15, 0.2) is 0 Å². The number of hydrogen-bond acceptors (Lipinski definition) is 2. The van der Waals surface area contributed by atoms with Crippen molar-refractivity contribution in [3.8, 4) is 6.07 Å². The summed E-state index contributed by atoms with van der Waals surface area (Å²) in [6, 6.07) is 6.21. The molecule has 0 radical (unpaired) electrons. The zero-order valence-corrected chi connectivity index (χ0v) is 11.7. The molecule has 0 unspecified atom stereocenters. The highest BCUT2D eigenvalue weighted by Crippen LogP contribution is 2.17. The lowest BCUT2D eigenvalue weighted by Crippen LogP contribution is -2.35. The Kier molecular flexibility index (Phi) is 4.13. The minimum absolute atomic E-state index is 0.234. The zero-order chi connectivity index (χ0) is 13.9. The van der Waals surface area contributed by atoms with Crippen molar-refractivity contribution >= 4 is 5.91 Å². The summed E-state index contributed by atoms with van der Waals surface area (Å²) in [7, 11) is 0. The minimum Gasteiger partial charge on any atom is -0.351 e. The molecular weight excluding hydrogens is 224 g/mol. The number of nitrogens with zero attached hydrogens (tertiary/aromatic N) is 1. The highest BCUT2D eigenvalue weighted by Gasteiger charge is 2.26. The van der Waals surface area contributed by atoms with Gasteiger partial charge >= 0.3 is 0 Å². The summed E-state index contributed by atoms with van der Waals surface area (Å²) in [5.74, 6) is -0.234. The van der Waals surface area contributed by atoms with E-state index in [-0.39, 0.29) is 5.91 Å². The minimum atomic E-state index is -0.979. The number of benzene rings is 1. The predicted octanol–water partition coefficient (Wildman–Crippen LogP) is 2.78. The van der Waals surface area contributed by atoms with Gasteiger partial charge in [0.1, 0.15) is 5.41 Å².